The smallest absolute Gasteiger partial charge is 0.138 e. The lowest BCUT2D eigenvalue weighted by molar-refractivity contribution is -0.127. The molecular formula is C19H34O3. The Morgan fingerprint density at radius 1 is 0.636 bits per heavy atom. The first-order chi connectivity index (χ1) is 10.1. The van der Waals surface area contributed by atoms with E-state index in [-0.39, 0.29) is 29.2 Å². The van der Waals surface area contributed by atoms with E-state index in [4.69, 9.17) is 0 Å². The monoisotopic (exact) mass is 310 g/mol. The average molecular weight is 310 g/mol. The zero-order chi connectivity index (χ0) is 17.3. The van der Waals surface area contributed by atoms with Gasteiger partial charge in [0.05, 0.1) is 0 Å². The first-order valence-corrected chi connectivity index (χ1v) is 8.70. The SMILES string of the molecule is CC(C)CC(=O)CCC(C)C(=O)C(C)CCC(=O)CC(C)C. The molecule has 0 bridgehead atoms. The second kappa shape index (κ2) is 10.7. The third-order valence-electron chi connectivity index (χ3n) is 3.96. The molecule has 0 aromatic heterocycles. The third-order valence-corrected chi connectivity index (χ3v) is 3.96. The predicted octanol–water partition coefficient (Wildman–Crippen LogP) is 4.62. The van der Waals surface area contributed by atoms with Crippen LogP contribution in [-0.4, -0.2) is 17.3 Å². The summed E-state index contributed by atoms with van der Waals surface area (Å²) in [4.78, 5) is 35.7. The van der Waals surface area contributed by atoms with Crippen LogP contribution in [0.4, 0.5) is 0 Å². The Morgan fingerprint density at radius 2 is 0.955 bits per heavy atom. The topological polar surface area (TPSA) is 51.2 Å². The van der Waals surface area contributed by atoms with E-state index < -0.39 is 0 Å². The van der Waals surface area contributed by atoms with Crippen LogP contribution in [0.3, 0.4) is 0 Å². The second-order valence-electron chi connectivity index (χ2n) is 7.56. The highest BCUT2D eigenvalue weighted by atomic mass is 16.1. The molecule has 0 aliphatic rings. The van der Waals surface area contributed by atoms with Gasteiger partial charge in [0.25, 0.3) is 0 Å². The number of Topliss-reactive ketones (excluding diaryl/α,β-unsaturated/α-hetero) is 3. The van der Waals surface area contributed by atoms with Crippen LogP contribution in [0.25, 0.3) is 0 Å². The van der Waals surface area contributed by atoms with Crippen LogP contribution in [0.15, 0.2) is 0 Å². The Balaban J connectivity index is 4.11. The molecule has 0 saturated heterocycles. The Morgan fingerprint density at radius 3 is 1.23 bits per heavy atom. The van der Waals surface area contributed by atoms with E-state index in [1.165, 1.54) is 0 Å². The Bertz CT molecular complexity index is 335. The van der Waals surface area contributed by atoms with Crippen LogP contribution in [0.2, 0.25) is 0 Å². The molecule has 0 saturated carbocycles. The maximum atomic E-state index is 12.3. The molecule has 0 aromatic carbocycles. The molecule has 128 valence electrons. The third kappa shape index (κ3) is 9.86. The lowest BCUT2D eigenvalue weighted by Gasteiger charge is -2.16. The van der Waals surface area contributed by atoms with Crippen molar-refractivity contribution in [2.24, 2.45) is 23.7 Å². The first kappa shape index (κ1) is 21.0. The molecule has 0 aromatic rings. The van der Waals surface area contributed by atoms with Crippen molar-refractivity contribution in [3.63, 3.8) is 0 Å². The number of hydrogen-bond acceptors (Lipinski definition) is 3. The summed E-state index contributed by atoms with van der Waals surface area (Å²) >= 11 is 0. The van der Waals surface area contributed by atoms with Crippen LogP contribution >= 0.6 is 0 Å². The standard InChI is InChI=1S/C19H34O3/c1-13(2)11-17(20)9-7-15(5)19(22)16(6)8-10-18(21)12-14(3)4/h13-16H,7-12H2,1-6H3. The number of ketones is 3. The molecule has 0 heterocycles. The zero-order valence-electron chi connectivity index (χ0n) is 15.3. The van der Waals surface area contributed by atoms with E-state index in [1.807, 2.05) is 41.5 Å². The van der Waals surface area contributed by atoms with Gasteiger partial charge in [0.15, 0.2) is 0 Å². The van der Waals surface area contributed by atoms with Gasteiger partial charge in [0.1, 0.15) is 17.3 Å². The highest BCUT2D eigenvalue weighted by Crippen LogP contribution is 2.19. The van der Waals surface area contributed by atoms with E-state index in [2.05, 4.69) is 0 Å². The van der Waals surface area contributed by atoms with Crippen molar-refractivity contribution in [1.29, 1.82) is 0 Å². The van der Waals surface area contributed by atoms with Gasteiger partial charge in [-0.25, -0.2) is 0 Å². The van der Waals surface area contributed by atoms with Crippen molar-refractivity contribution in [3.8, 4) is 0 Å². The highest BCUT2D eigenvalue weighted by molar-refractivity contribution is 5.85. The summed E-state index contributed by atoms with van der Waals surface area (Å²) in [5.41, 5.74) is 0. The number of carbonyl (C=O) groups is 3. The number of rotatable bonds is 12. The molecule has 0 amide bonds. The van der Waals surface area contributed by atoms with Crippen LogP contribution in [-0.2, 0) is 14.4 Å². The van der Waals surface area contributed by atoms with E-state index in [0.29, 0.717) is 50.4 Å². The van der Waals surface area contributed by atoms with E-state index in [9.17, 15) is 14.4 Å². The maximum absolute atomic E-state index is 12.3. The van der Waals surface area contributed by atoms with Gasteiger partial charge in [-0.05, 0) is 24.7 Å². The molecule has 2 unspecified atom stereocenters. The van der Waals surface area contributed by atoms with Gasteiger partial charge in [-0.3, -0.25) is 14.4 Å². The van der Waals surface area contributed by atoms with E-state index in [0.717, 1.165) is 0 Å². The number of hydrogen-bond donors (Lipinski definition) is 0. The van der Waals surface area contributed by atoms with Crippen LogP contribution in [0.1, 0.15) is 80.1 Å². The van der Waals surface area contributed by atoms with Gasteiger partial charge >= 0.3 is 0 Å². The fraction of sp³-hybridized carbons (Fsp3) is 0.842. The molecule has 0 fully saturated rings. The van der Waals surface area contributed by atoms with Crippen LogP contribution < -0.4 is 0 Å². The van der Waals surface area contributed by atoms with Crippen LogP contribution in [0.5, 0.6) is 0 Å². The molecule has 0 aliphatic heterocycles. The quantitative estimate of drug-likeness (QED) is 0.528. The van der Waals surface area contributed by atoms with Gasteiger partial charge in [-0.15, -0.1) is 0 Å². The lowest BCUT2D eigenvalue weighted by atomic mass is 9.87. The molecule has 0 N–H and O–H groups in total. The fourth-order valence-electron chi connectivity index (χ4n) is 2.64. The minimum atomic E-state index is -0.0914. The molecular weight excluding hydrogens is 276 g/mol. The molecule has 0 spiro atoms. The first-order valence-electron chi connectivity index (χ1n) is 8.70. The maximum Gasteiger partial charge on any atom is 0.138 e. The van der Waals surface area contributed by atoms with Gasteiger partial charge < -0.3 is 0 Å². The molecule has 0 radical (unpaired) electrons. The van der Waals surface area contributed by atoms with Gasteiger partial charge in [0.2, 0.25) is 0 Å². The summed E-state index contributed by atoms with van der Waals surface area (Å²) in [5.74, 6) is 1.25. The summed E-state index contributed by atoms with van der Waals surface area (Å²) in [6.07, 6.45) is 3.44. The molecule has 0 aliphatic carbocycles. The summed E-state index contributed by atoms with van der Waals surface area (Å²) in [5, 5.41) is 0. The Labute approximate surface area is 136 Å². The minimum absolute atomic E-state index is 0.0914. The molecule has 0 rings (SSSR count). The van der Waals surface area contributed by atoms with Crippen molar-refractivity contribution in [3.05, 3.63) is 0 Å². The van der Waals surface area contributed by atoms with Crippen molar-refractivity contribution in [2.75, 3.05) is 0 Å². The fourth-order valence-corrected chi connectivity index (χ4v) is 2.64. The summed E-state index contributed by atoms with van der Waals surface area (Å²) in [6.45, 7) is 11.9. The molecule has 2 atom stereocenters. The van der Waals surface area contributed by atoms with Crippen molar-refractivity contribution < 1.29 is 14.4 Å². The molecule has 22 heavy (non-hydrogen) atoms. The largest absolute Gasteiger partial charge is 0.300 e. The summed E-state index contributed by atoms with van der Waals surface area (Å²) in [7, 11) is 0. The minimum Gasteiger partial charge on any atom is -0.300 e. The average Bonchev–Trinajstić information content (AvgIpc) is 2.39. The van der Waals surface area contributed by atoms with Crippen molar-refractivity contribution >= 4 is 17.3 Å². The van der Waals surface area contributed by atoms with E-state index >= 15 is 0 Å². The van der Waals surface area contributed by atoms with Crippen molar-refractivity contribution in [1.82, 2.24) is 0 Å². The van der Waals surface area contributed by atoms with Gasteiger partial charge in [0, 0.05) is 37.5 Å². The zero-order valence-corrected chi connectivity index (χ0v) is 15.3. The lowest BCUT2D eigenvalue weighted by Crippen LogP contribution is -2.21. The normalized spacial score (nSPS) is 14.2. The van der Waals surface area contributed by atoms with E-state index in [1.54, 1.807) is 0 Å². The molecule has 3 heteroatoms. The van der Waals surface area contributed by atoms with Crippen LogP contribution in [0, 0.1) is 23.7 Å². The Kier molecular flexibility index (Phi) is 10.2. The summed E-state index contributed by atoms with van der Waals surface area (Å²) in [6, 6.07) is 0. The van der Waals surface area contributed by atoms with Gasteiger partial charge in [-0.2, -0.15) is 0 Å². The number of carbonyl (C=O) groups excluding carboxylic acids is 3. The van der Waals surface area contributed by atoms with Gasteiger partial charge in [-0.1, -0.05) is 41.5 Å². The highest BCUT2D eigenvalue weighted by Gasteiger charge is 2.21. The second-order valence-corrected chi connectivity index (χ2v) is 7.56. The Hall–Kier alpha value is -0.990. The van der Waals surface area contributed by atoms with Crippen molar-refractivity contribution in [2.45, 2.75) is 80.1 Å². The predicted molar refractivity (Wildman–Crippen MR) is 90.7 cm³/mol. The summed E-state index contributed by atoms with van der Waals surface area (Å²) < 4.78 is 0. The molecule has 3 nitrogen and oxygen atoms in total.